The van der Waals surface area contributed by atoms with Crippen LogP contribution in [0, 0.1) is 0 Å². The molecule has 27 heavy (non-hydrogen) atoms. The summed E-state index contributed by atoms with van der Waals surface area (Å²) < 4.78 is 11.7. The number of benzene rings is 1. The van der Waals surface area contributed by atoms with E-state index in [9.17, 15) is 9.59 Å². The fourth-order valence-electron chi connectivity index (χ4n) is 3.04. The number of rotatable bonds is 7. The van der Waals surface area contributed by atoms with Gasteiger partial charge >= 0.3 is 0 Å². The fraction of sp³-hybridized carbons (Fsp3) is 0.421. The highest BCUT2D eigenvalue weighted by Crippen LogP contribution is 2.14. The Morgan fingerprint density at radius 1 is 1.30 bits per heavy atom. The maximum Gasteiger partial charge on any atom is 0.275 e. The summed E-state index contributed by atoms with van der Waals surface area (Å²) in [7, 11) is 1.42. The number of methoxy groups -OCH3 is 1. The Morgan fingerprint density at radius 2 is 2.04 bits per heavy atom. The number of amides is 1. The first-order valence-electron chi connectivity index (χ1n) is 9.12. The van der Waals surface area contributed by atoms with Crippen molar-refractivity contribution in [2.75, 3.05) is 46.5 Å². The van der Waals surface area contributed by atoms with Crippen LogP contribution in [0.3, 0.4) is 0 Å². The van der Waals surface area contributed by atoms with Gasteiger partial charge in [0.05, 0.1) is 38.6 Å². The second-order valence-corrected chi connectivity index (χ2v) is 6.37. The smallest absolute Gasteiger partial charge is 0.275 e. The molecular weight excluding hydrogens is 348 g/mol. The topological polar surface area (TPSA) is 86.9 Å². The molecule has 1 aromatic heterocycles. The molecule has 1 fully saturated rings. The summed E-state index contributed by atoms with van der Waals surface area (Å²) in [5.41, 5.74) is 0.334. The number of nitrogens with one attached hydrogen (secondary N) is 2. The Kier molecular flexibility index (Phi) is 6.56. The molecule has 144 valence electrons. The minimum absolute atomic E-state index is 0.0969. The van der Waals surface area contributed by atoms with Gasteiger partial charge < -0.3 is 19.7 Å². The van der Waals surface area contributed by atoms with Crippen LogP contribution in [0.1, 0.15) is 16.9 Å². The lowest BCUT2D eigenvalue weighted by Gasteiger charge is -2.23. The molecule has 8 nitrogen and oxygen atoms in total. The van der Waals surface area contributed by atoms with Crippen LogP contribution in [0.5, 0.6) is 5.75 Å². The van der Waals surface area contributed by atoms with E-state index in [4.69, 9.17) is 9.47 Å². The first-order valence-corrected chi connectivity index (χ1v) is 9.12. The van der Waals surface area contributed by atoms with Gasteiger partial charge in [0.1, 0.15) is 13.1 Å². The normalized spacial score (nSPS) is 14.7. The maximum atomic E-state index is 12.6. The first kappa shape index (κ1) is 19.1. The van der Waals surface area contributed by atoms with Crippen molar-refractivity contribution in [3.63, 3.8) is 0 Å². The molecule has 3 rings (SSSR count). The lowest BCUT2D eigenvalue weighted by molar-refractivity contribution is -0.908. The Labute approximate surface area is 157 Å². The number of hydrogen-bond acceptors (Lipinski definition) is 5. The molecule has 0 spiro atoms. The zero-order valence-corrected chi connectivity index (χ0v) is 15.4. The zero-order chi connectivity index (χ0) is 19.1. The summed E-state index contributed by atoms with van der Waals surface area (Å²) in [6, 6.07) is 10.3. The number of carbonyl (C=O) groups is 1. The van der Waals surface area contributed by atoms with Crippen LogP contribution >= 0.6 is 0 Å². The molecule has 0 bridgehead atoms. The quantitative estimate of drug-likeness (QED) is 0.626. The van der Waals surface area contributed by atoms with Crippen LogP contribution in [0.25, 0.3) is 5.69 Å². The minimum atomic E-state index is -0.356. The van der Waals surface area contributed by atoms with Gasteiger partial charge in [-0.3, -0.25) is 9.59 Å². The van der Waals surface area contributed by atoms with Crippen LogP contribution in [-0.2, 0) is 4.74 Å². The number of nitrogens with zero attached hydrogens (tertiary/aromatic N) is 2. The molecule has 0 radical (unpaired) electrons. The minimum Gasteiger partial charge on any atom is -0.494 e. The molecule has 1 aromatic carbocycles. The lowest BCUT2D eigenvalue weighted by Crippen LogP contribution is -3.14. The number of morpholine rings is 1. The van der Waals surface area contributed by atoms with E-state index in [1.54, 1.807) is 24.3 Å². The van der Waals surface area contributed by atoms with Crippen LogP contribution in [-0.4, -0.2) is 62.2 Å². The Morgan fingerprint density at radius 3 is 2.74 bits per heavy atom. The number of quaternary nitrogens is 1. The van der Waals surface area contributed by atoms with Crippen molar-refractivity contribution in [2.45, 2.75) is 6.42 Å². The molecule has 0 aliphatic carbocycles. The van der Waals surface area contributed by atoms with E-state index in [1.807, 2.05) is 6.07 Å². The predicted octanol–water partition coefficient (Wildman–Crippen LogP) is -0.724. The van der Waals surface area contributed by atoms with E-state index >= 15 is 0 Å². The highest BCUT2D eigenvalue weighted by atomic mass is 16.5. The van der Waals surface area contributed by atoms with E-state index in [-0.39, 0.29) is 22.9 Å². The Bertz CT molecular complexity index is 816. The second kappa shape index (κ2) is 9.29. The van der Waals surface area contributed by atoms with E-state index in [0.29, 0.717) is 12.2 Å². The van der Waals surface area contributed by atoms with Crippen molar-refractivity contribution in [2.24, 2.45) is 0 Å². The molecule has 1 aliphatic heterocycles. The molecule has 1 saturated heterocycles. The molecule has 1 aliphatic rings. The van der Waals surface area contributed by atoms with Crippen LogP contribution < -0.4 is 20.5 Å². The number of hydrogen-bond donors (Lipinski definition) is 2. The van der Waals surface area contributed by atoms with Crippen molar-refractivity contribution in [1.82, 2.24) is 15.1 Å². The summed E-state index contributed by atoms with van der Waals surface area (Å²) >= 11 is 0. The van der Waals surface area contributed by atoms with Crippen molar-refractivity contribution in [1.29, 1.82) is 0 Å². The van der Waals surface area contributed by atoms with E-state index in [1.165, 1.54) is 22.8 Å². The molecule has 8 heteroatoms. The summed E-state index contributed by atoms with van der Waals surface area (Å²) in [6.45, 7) is 5.13. The highest BCUT2D eigenvalue weighted by Gasteiger charge is 2.18. The Balaban J connectivity index is 1.66. The summed E-state index contributed by atoms with van der Waals surface area (Å²) in [5.74, 6) is -0.183. The monoisotopic (exact) mass is 373 g/mol. The van der Waals surface area contributed by atoms with Gasteiger partial charge in [0.25, 0.3) is 11.5 Å². The van der Waals surface area contributed by atoms with Gasteiger partial charge in [0, 0.05) is 13.0 Å². The van der Waals surface area contributed by atoms with Crippen LogP contribution in [0.15, 0.2) is 41.2 Å². The van der Waals surface area contributed by atoms with Crippen molar-refractivity contribution in [3.8, 4) is 11.4 Å². The molecule has 2 aromatic rings. The SMILES string of the molecule is COc1cc(=O)n(-c2ccccc2)nc1C(=O)NCCC[NH+]1CCOCC1. The molecule has 1 amide bonds. The first-order chi connectivity index (χ1) is 13.2. The second-order valence-electron chi connectivity index (χ2n) is 6.37. The van der Waals surface area contributed by atoms with E-state index < -0.39 is 0 Å². The third kappa shape index (κ3) is 4.93. The number of aromatic nitrogens is 2. The zero-order valence-electron chi connectivity index (χ0n) is 15.4. The molecule has 2 heterocycles. The molecule has 2 N–H and O–H groups in total. The third-order valence-electron chi connectivity index (χ3n) is 4.53. The van der Waals surface area contributed by atoms with Gasteiger partial charge in [-0.25, -0.2) is 0 Å². The summed E-state index contributed by atoms with van der Waals surface area (Å²) in [6.07, 6.45) is 0.863. The average molecular weight is 373 g/mol. The van der Waals surface area contributed by atoms with Crippen LogP contribution in [0.2, 0.25) is 0 Å². The standard InChI is InChI=1S/C19H24N4O4/c1-26-16-14-17(24)23(15-6-3-2-4-7-15)21-18(16)19(25)20-8-5-9-22-10-12-27-13-11-22/h2-4,6-7,14H,5,8-13H2,1H3,(H,20,25)/p+1. The van der Waals surface area contributed by atoms with Gasteiger partial charge in [-0.15, -0.1) is 0 Å². The van der Waals surface area contributed by atoms with Gasteiger partial charge in [-0.1, -0.05) is 18.2 Å². The lowest BCUT2D eigenvalue weighted by atomic mass is 10.3. The summed E-state index contributed by atoms with van der Waals surface area (Å²) in [4.78, 5) is 26.3. The van der Waals surface area contributed by atoms with E-state index in [2.05, 4.69) is 10.4 Å². The molecular formula is C19H25N4O4+. The van der Waals surface area contributed by atoms with Gasteiger partial charge in [-0.2, -0.15) is 9.78 Å². The van der Waals surface area contributed by atoms with Gasteiger partial charge in [0.15, 0.2) is 11.4 Å². The molecule has 0 saturated carbocycles. The summed E-state index contributed by atoms with van der Waals surface area (Å²) in [5, 5.41) is 7.10. The molecule has 0 atom stereocenters. The van der Waals surface area contributed by atoms with Crippen LogP contribution in [0.4, 0.5) is 0 Å². The van der Waals surface area contributed by atoms with Crippen molar-refractivity contribution < 1.29 is 19.2 Å². The maximum absolute atomic E-state index is 12.6. The van der Waals surface area contributed by atoms with Gasteiger partial charge in [0.2, 0.25) is 0 Å². The van der Waals surface area contributed by atoms with E-state index in [0.717, 1.165) is 39.3 Å². The Hall–Kier alpha value is -2.71. The number of para-hydroxylation sites is 1. The third-order valence-corrected chi connectivity index (χ3v) is 4.53. The average Bonchev–Trinajstić information content (AvgIpc) is 2.72. The highest BCUT2D eigenvalue weighted by molar-refractivity contribution is 5.94. The largest absolute Gasteiger partial charge is 0.494 e. The number of ether oxygens (including phenoxy) is 2. The van der Waals surface area contributed by atoms with Crippen molar-refractivity contribution >= 4 is 5.91 Å². The molecule has 0 unspecified atom stereocenters. The number of carbonyl (C=O) groups excluding carboxylic acids is 1. The predicted molar refractivity (Wildman–Crippen MR) is 99.7 cm³/mol. The van der Waals surface area contributed by atoms with Crippen molar-refractivity contribution in [3.05, 3.63) is 52.4 Å². The fourth-order valence-corrected chi connectivity index (χ4v) is 3.04. The van der Waals surface area contributed by atoms with Gasteiger partial charge in [-0.05, 0) is 12.1 Å².